The minimum Gasteiger partial charge on any atom is -0.489 e. The quantitative estimate of drug-likeness (QED) is 0.326. The van der Waals surface area contributed by atoms with Crippen LogP contribution in [0.25, 0.3) is 11.1 Å². The summed E-state index contributed by atoms with van der Waals surface area (Å²) >= 11 is 0. The number of nitrogens with zero attached hydrogens (tertiary/aromatic N) is 2. The van der Waals surface area contributed by atoms with Crippen LogP contribution in [0.1, 0.15) is 33.7 Å². The molecule has 0 amide bonds. The maximum absolute atomic E-state index is 11.2. The van der Waals surface area contributed by atoms with Gasteiger partial charge in [-0.15, -0.1) is 0 Å². The third kappa shape index (κ3) is 6.51. The number of aryl methyl sites for hydroxylation is 2. The van der Waals surface area contributed by atoms with Crippen LogP contribution < -0.4 is 9.46 Å². The second-order valence-corrected chi connectivity index (χ2v) is 9.61. The van der Waals surface area contributed by atoms with Gasteiger partial charge in [-0.3, -0.25) is 4.55 Å². The van der Waals surface area contributed by atoms with Crippen molar-refractivity contribution in [2.24, 2.45) is 0 Å². The van der Waals surface area contributed by atoms with Crippen molar-refractivity contribution in [3.05, 3.63) is 113 Å². The average Bonchev–Trinajstić information content (AvgIpc) is 2.84. The molecule has 1 unspecified atom stereocenters. The van der Waals surface area contributed by atoms with Crippen LogP contribution >= 0.6 is 0 Å². The molecule has 0 saturated carbocycles. The molecule has 0 saturated heterocycles. The Morgan fingerprint density at radius 3 is 2.23 bits per heavy atom. The summed E-state index contributed by atoms with van der Waals surface area (Å²) in [6.45, 7) is 4.62. The molecule has 1 aromatic heterocycles. The number of benzene rings is 3. The molecule has 0 bridgehead atoms. The van der Waals surface area contributed by atoms with Gasteiger partial charge >= 0.3 is 10.3 Å². The molecule has 180 valence electrons. The molecule has 1 heterocycles. The van der Waals surface area contributed by atoms with Gasteiger partial charge in [0, 0.05) is 24.9 Å². The van der Waals surface area contributed by atoms with Crippen molar-refractivity contribution in [1.29, 1.82) is 0 Å². The first-order valence-electron chi connectivity index (χ1n) is 11.2. The number of aromatic nitrogens is 2. The molecule has 1 atom stereocenters. The molecule has 7 nitrogen and oxygen atoms in total. The van der Waals surface area contributed by atoms with Gasteiger partial charge in [-0.25, -0.2) is 9.97 Å². The second-order valence-electron chi connectivity index (χ2n) is 8.37. The van der Waals surface area contributed by atoms with E-state index in [0.717, 1.165) is 22.3 Å². The van der Waals surface area contributed by atoms with E-state index in [4.69, 9.17) is 9.29 Å². The minimum atomic E-state index is -4.33. The summed E-state index contributed by atoms with van der Waals surface area (Å²) in [4.78, 5) is 8.04. The van der Waals surface area contributed by atoms with Gasteiger partial charge in [-0.1, -0.05) is 48.5 Å². The molecule has 0 aliphatic heterocycles. The number of hydrogen-bond acceptors (Lipinski definition) is 5. The van der Waals surface area contributed by atoms with Crippen LogP contribution in [0.4, 0.5) is 0 Å². The van der Waals surface area contributed by atoms with Crippen molar-refractivity contribution in [3.63, 3.8) is 0 Å². The summed E-state index contributed by atoms with van der Waals surface area (Å²) in [6, 6.07) is 22.1. The smallest absolute Gasteiger partial charge is 0.333 e. The van der Waals surface area contributed by atoms with E-state index in [1.54, 1.807) is 12.4 Å². The van der Waals surface area contributed by atoms with E-state index < -0.39 is 10.3 Å². The molecule has 0 fully saturated rings. The maximum atomic E-state index is 11.2. The first-order valence-corrected chi connectivity index (χ1v) is 12.6. The van der Waals surface area contributed by atoms with E-state index in [2.05, 4.69) is 58.9 Å². The third-order valence-electron chi connectivity index (χ3n) is 5.84. The molecular formula is C27H27N3O4S. The SMILES string of the molecule is Cc1cccc(C)c1-c1cccc(COc2ccc(C(CNS(=O)(=O)O)c3cncnc3)cc2)c1. The first-order chi connectivity index (χ1) is 16.8. The molecule has 4 aromatic rings. The van der Waals surface area contributed by atoms with Gasteiger partial charge in [0.05, 0.1) is 0 Å². The largest absolute Gasteiger partial charge is 0.489 e. The van der Waals surface area contributed by atoms with Gasteiger partial charge in [0.2, 0.25) is 0 Å². The monoisotopic (exact) mass is 489 g/mol. The van der Waals surface area contributed by atoms with Crippen molar-refractivity contribution in [1.82, 2.24) is 14.7 Å². The summed E-state index contributed by atoms with van der Waals surface area (Å²) in [6.07, 6.45) is 4.65. The normalized spacial score (nSPS) is 12.3. The van der Waals surface area contributed by atoms with E-state index >= 15 is 0 Å². The molecule has 35 heavy (non-hydrogen) atoms. The standard InChI is InChI=1S/C27H27N3O4S/c1-19-5-3-6-20(2)27(19)23-8-4-7-21(13-23)17-34-25-11-9-22(10-12-25)26(16-30-35(31,32)33)24-14-28-18-29-15-24/h3-15,18,26,30H,16-17H2,1-2H3,(H,31,32,33). The fourth-order valence-electron chi connectivity index (χ4n) is 4.16. The Morgan fingerprint density at radius 1 is 0.914 bits per heavy atom. The molecule has 8 heteroatoms. The highest BCUT2D eigenvalue weighted by Gasteiger charge is 2.18. The lowest BCUT2D eigenvalue weighted by Crippen LogP contribution is -2.28. The van der Waals surface area contributed by atoms with Crippen LogP contribution in [0, 0.1) is 13.8 Å². The Morgan fingerprint density at radius 2 is 1.57 bits per heavy atom. The topological polar surface area (TPSA) is 101 Å². The fraction of sp³-hybridized carbons (Fsp3) is 0.185. The Bertz CT molecular complexity index is 1370. The van der Waals surface area contributed by atoms with Gasteiger partial charge < -0.3 is 4.74 Å². The van der Waals surface area contributed by atoms with Gasteiger partial charge in [0.15, 0.2) is 0 Å². The number of hydrogen-bond donors (Lipinski definition) is 2. The predicted octanol–water partition coefficient (Wildman–Crippen LogP) is 4.86. The molecule has 2 N–H and O–H groups in total. The summed E-state index contributed by atoms with van der Waals surface area (Å²) < 4.78 is 39.7. The molecular weight excluding hydrogens is 462 g/mol. The second kappa shape index (κ2) is 10.8. The lowest BCUT2D eigenvalue weighted by molar-refractivity contribution is 0.306. The van der Waals surface area contributed by atoms with E-state index in [0.29, 0.717) is 12.4 Å². The number of rotatable bonds is 9. The summed E-state index contributed by atoms with van der Waals surface area (Å²) in [5, 5.41) is 0. The highest BCUT2D eigenvalue weighted by Crippen LogP contribution is 2.29. The summed E-state index contributed by atoms with van der Waals surface area (Å²) in [7, 11) is -4.33. The number of nitrogens with one attached hydrogen (secondary N) is 1. The minimum absolute atomic E-state index is 0.0302. The third-order valence-corrected chi connectivity index (χ3v) is 6.37. The van der Waals surface area contributed by atoms with Gasteiger partial charge in [-0.05, 0) is 71.0 Å². The predicted molar refractivity (Wildman–Crippen MR) is 136 cm³/mol. The maximum Gasteiger partial charge on any atom is 0.333 e. The Kier molecular flexibility index (Phi) is 7.55. The van der Waals surface area contributed by atoms with E-state index in [9.17, 15) is 8.42 Å². The van der Waals surface area contributed by atoms with Crippen molar-refractivity contribution < 1.29 is 17.7 Å². The van der Waals surface area contributed by atoms with Crippen molar-refractivity contribution in [2.45, 2.75) is 26.4 Å². The first kappa shape index (κ1) is 24.5. The Balaban J connectivity index is 1.48. The van der Waals surface area contributed by atoms with E-state index in [1.807, 2.05) is 36.4 Å². The van der Waals surface area contributed by atoms with E-state index in [-0.39, 0.29) is 12.5 Å². The fourth-order valence-corrected chi connectivity index (χ4v) is 4.53. The molecule has 0 aliphatic carbocycles. The van der Waals surface area contributed by atoms with Crippen LogP contribution in [0.15, 0.2) is 85.5 Å². The zero-order chi connectivity index (χ0) is 24.8. The van der Waals surface area contributed by atoms with E-state index in [1.165, 1.54) is 23.0 Å². The molecule has 3 aromatic carbocycles. The van der Waals surface area contributed by atoms with Crippen LogP contribution in [-0.4, -0.2) is 29.5 Å². The zero-order valence-electron chi connectivity index (χ0n) is 19.5. The Labute approximate surface area is 205 Å². The summed E-state index contributed by atoms with van der Waals surface area (Å²) in [5.41, 5.74) is 7.50. The van der Waals surface area contributed by atoms with Crippen LogP contribution in [0.5, 0.6) is 5.75 Å². The average molecular weight is 490 g/mol. The van der Waals surface area contributed by atoms with Crippen LogP contribution in [-0.2, 0) is 16.9 Å². The summed E-state index contributed by atoms with van der Waals surface area (Å²) in [5.74, 6) is 0.318. The van der Waals surface area contributed by atoms with Gasteiger partial charge in [0.1, 0.15) is 18.7 Å². The molecule has 0 aliphatic rings. The van der Waals surface area contributed by atoms with Crippen LogP contribution in [0.2, 0.25) is 0 Å². The van der Waals surface area contributed by atoms with Crippen molar-refractivity contribution >= 4 is 10.3 Å². The van der Waals surface area contributed by atoms with Crippen molar-refractivity contribution in [3.8, 4) is 16.9 Å². The molecule has 4 rings (SSSR count). The molecule has 0 radical (unpaired) electrons. The number of ether oxygens (including phenoxy) is 1. The highest BCUT2D eigenvalue weighted by molar-refractivity contribution is 7.83. The molecule has 0 spiro atoms. The van der Waals surface area contributed by atoms with Crippen LogP contribution in [0.3, 0.4) is 0 Å². The van der Waals surface area contributed by atoms with Gasteiger partial charge in [0.25, 0.3) is 0 Å². The van der Waals surface area contributed by atoms with Gasteiger partial charge in [-0.2, -0.15) is 13.1 Å². The Hall–Kier alpha value is -3.59. The lowest BCUT2D eigenvalue weighted by atomic mass is 9.93. The highest BCUT2D eigenvalue weighted by atomic mass is 32.2. The zero-order valence-corrected chi connectivity index (χ0v) is 20.4. The van der Waals surface area contributed by atoms with Crippen molar-refractivity contribution in [2.75, 3.05) is 6.54 Å². The lowest BCUT2D eigenvalue weighted by Gasteiger charge is -2.17.